The van der Waals surface area contributed by atoms with Crippen LogP contribution < -0.4 is 10.6 Å². The molecule has 1 saturated carbocycles. The molecular weight excluding hydrogens is 212 g/mol. The zero-order valence-electron chi connectivity index (χ0n) is 12.0. The Morgan fingerprint density at radius 1 is 1.18 bits per heavy atom. The van der Waals surface area contributed by atoms with Gasteiger partial charge in [0.05, 0.1) is 6.54 Å². The van der Waals surface area contributed by atoms with Crippen molar-refractivity contribution in [2.75, 3.05) is 6.54 Å². The van der Waals surface area contributed by atoms with Gasteiger partial charge in [-0.1, -0.05) is 13.8 Å². The molecule has 3 heteroatoms. The lowest BCUT2D eigenvalue weighted by atomic mass is 9.79. The van der Waals surface area contributed by atoms with E-state index < -0.39 is 0 Å². The standard InChI is InChI=1S/C14H28N2O/c1-10-6-7-12(8-11(10)2)15-9-13(17)16-14(3,4)5/h10-12,15H,6-9H2,1-5H3,(H,16,17). The molecule has 0 aromatic rings. The molecule has 3 nitrogen and oxygen atoms in total. The van der Waals surface area contributed by atoms with E-state index in [1.165, 1.54) is 19.3 Å². The van der Waals surface area contributed by atoms with Gasteiger partial charge in [-0.2, -0.15) is 0 Å². The van der Waals surface area contributed by atoms with Crippen LogP contribution in [0.3, 0.4) is 0 Å². The summed E-state index contributed by atoms with van der Waals surface area (Å²) in [7, 11) is 0. The highest BCUT2D eigenvalue weighted by atomic mass is 16.2. The van der Waals surface area contributed by atoms with Crippen LogP contribution >= 0.6 is 0 Å². The van der Waals surface area contributed by atoms with Crippen molar-refractivity contribution >= 4 is 5.91 Å². The third-order valence-corrected chi connectivity index (χ3v) is 3.66. The van der Waals surface area contributed by atoms with E-state index in [0.29, 0.717) is 12.6 Å². The summed E-state index contributed by atoms with van der Waals surface area (Å²) in [5, 5.41) is 6.36. The Kier molecular flexibility index (Phi) is 4.99. The minimum absolute atomic E-state index is 0.101. The monoisotopic (exact) mass is 240 g/mol. The predicted molar refractivity (Wildman–Crippen MR) is 71.9 cm³/mol. The van der Waals surface area contributed by atoms with Crippen LogP contribution in [-0.2, 0) is 4.79 Å². The van der Waals surface area contributed by atoms with Crippen molar-refractivity contribution in [2.24, 2.45) is 11.8 Å². The first kappa shape index (κ1) is 14.5. The van der Waals surface area contributed by atoms with E-state index in [2.05, 4.69) is 24.5 Å². The van der Waals surface area contributed by atoms with Crippen molar-refractivity contribution in [3.63, 3.8) is 0 Å². The van der Waals surface area contributed by atoms with Gasteiger partial charge in [0, 0.05) is 11.6 Å². The third-order valence-electron chi connectivity index (χ3n) is 3.66. The minimum atomic E-state index is -0.132. The molecule has 3 atom stereocenters. The first-order chi connectivity index (χ1) is 7.78. The van der Waals surface area contributed by atoms with Crippen molar-refractivity contribution in [2.45, 2.75) is 65.5 Å². The maximum absolute atomic E-state index is 11.7. The third kappa shape index (κ3) is 5.53. The lowest BCUT2D eigenvalue weighted by molar-refractivity contribution is -0.121. The number of nitrogens with one attached hydrogen (secondary N) is 2. The highest BCUT2D eigenvalue weighted by molar-refractivity contribution is 5.78. The Balaban J connectivity index is 2.25. The first-order valence-electron chi connectivity index (χ1n) is 6.82. The molecule has 0 aliphatic heterocycles. The molecule has 0 aromatic carbocycles. The van der Waals surface area contributed by atoms with Crippen LogP contribution in [0.5, 0.6) is 0 Å². The molecule has 0 spiro atoms. The second kappa shape index (κ2) is 5.85. The van der Waals surface area contributed by atoms with E-state index in [1.54, 1.807) is 0 Å². The van der Waals surface area contributed by atoms with Crippen LogP contribution in [0, 0.1) is 11.8 Å². The zero-order chi connectivity index (χ0) is 13.1. The molecule has 0 saturated heterocycles. The average molecular weight is 240 g/mol. The molecule has 17 heavy (non-hydrogen) atoms. The SMILES string of the molecule is CC1CCC(NCC(=O)NC(C)(C)C)CC1C. The Morgan fingerprint density at radius 2 is 1.82 bits per heavy atom. The number of rotatable bonds is 3. The van der Waals surface area contributed by atoms with Gasteiger partial charge in [0.25, 0.3) is 0 Å². The molecule has 1 fully saturated rings. The van der Waals surface area contributed by atoms with Gasteiger partial charge in [0.1, 0.15) is 0 Å². The molecule has 100 valence electrons. The maximum atomic E-state index is 11.7. The van der Waals surface area contributed by atoms with Crippen LogP contribution in [0.25, 0.3) is 0 Å². The van der Waals surface area contributed by atoms with Gasteiger partial charge in [-0.05, 0) is 51.9 Å². The quantitative estimate of drug-likeness (QED) is 0.795. The van der Waals surface area contributed by atoms with Crippen LogP contribution in [-0.4, -0.2) is 24.0 Å². The predicted octanol–water partition coefficient (Wildman–Crippen LogP) is 2.32. The van der Waals surface area contributed by atoms with Crippen LogP contribution in [0.4, 0.5) is 0 Å². The molecule has 1 aliphatic carbocycles. The maximum Gasteiger partial charge on any atom is 0.234 e. The highest BCUT2D eigenvalue weighted by Crippen LogP contribution is 2.29. The van der Waals surface area contributed by atoms with Gasteiger partial charge in [-0.25, -0.2) is 0 Å². The molecular formula is C14H28N2O. The fourth-order valence-corrected chi connectivity index (χ4v) is 2.43. The van der Waals surface area contributed by atoms with E-state index in [9.17, 15) is 4.79 Å². The largest absolute Gasteiger partial charge is 0.350 e. The van der Waals surface area contributed by atoms with Crippen molar-refractivity contribution in [1.29, 1.82) is 0 Å². The zero-order valence-corrected chi connectivity index (χ0v) is 12.0. The summed E-state index contributed by atoms with van der Waals surface area (Å²) in [5.41, 5.74) is -0.132. The summed E-state index contributed by atoms with van der Waals surface area (Å²) in [6.07, 6.45) is 3.68. The summed E-state index contributed by atoms with van der Waals surface area (Å²) in [5.74, 6) is 1.70. The summed E-state index contributed by atoms with van der Waals surface area (Å²) < 4.78 is 0. The van der Waals surface area contributed by atoms with Crippen molar-refractivity contribution in [3.8, 4) is 0 Å². The number of carbonyl (C=O) groups is 1. The normalized spacial score (nSPS) is 30.1. The lowest BCUT2D eigenvalue weighted by Crippen LogP contribution is -2.47. The molecule has 0 heterocycles. The van der Waals surface area contributed by atoms with Gasteiger partial charge >= 0.3 is 0 Å². The second-order valence-corrected chi connectivity index (χ2v) is 6.64. The fraction of sp³-hybridized carbons (Fsp3) is 0.929. The lowest BCUT2D eigenvalue weighted by Gasteiger charge is -2.32. The van der Waals surface area contributed by atoms with Gasteiger partial charge < -0.3 is 10.6 Å². The average Bonchev–Trinajstić information content (AvgIpc) is 2.17. The van der Waals surface area contributed by atoms with Crippen molar-refractivity contribution in [1.82, 2.24) is 10.6 Å². The summed E-state index contributed by atoms with van der Waals surface area (Å²) in [6.45, 7) is 11.1. The number of amides is 1. The van der Waals surface area contributed by atoms with E-state index in [0.717, 1.165) is 11.8 Å². The van der Waals surface area contributed by atoms with Crippen LogP contribution in [0.2, 0.25) is 0 Å². The molecule has 0 radical (unpaired) electrons. The van der Waals surface area contributed by atoms with Gasteiger partial charge in [-0.3, -0.25) is 4.79 Å². The van der Waals surface area contributed by atoms with Crippen LogP contribution in [0.1, 0.15) is 53.9 Å². The van der Waals surface area contributed by atoms with Gasteiger partial charge in [0.2, 0.25) is 5.91 Å². The number of hydrogen-bond acceptors (Lipinski definition) is 2. The van der Waals surface area contributed by atoms with Crippen LogP contribution in [0.15, 0.2) is 0 Å². The Bertz CT molecular complexity index is 257. The number of carbonyl (C=O) groups excluding carboxylic acids is 1. The van der Waals surface area contributed by atoms with E-state index >= 15 is 0 Å². The van der Waals surface area contributed by atoms with E-state index in [1.807, 2.05) is 20.8 Å². The molecule has 0 bridgehead atoms. The Labute approximate surface area is 106 Å². The number of hydrogen-bond donors (Lipinski definition) is 2. The molecule has 1 aliphatic rings. The molecule has 0 aromatic heterocycles. The molecule has 3 unspecified atom stereocenters. The summed E-state index contributed by atoms with van der Waals surface area (Å²) in [6, 6.07) is 0.520. The Morgan fingerprint density at radius 3 is 2.35 bits per heavy atom. The summed E-state index contributed by atoms with van der Waals surface area (Å²) in [4.78, 5) is 11.7. The highest BCUT2D eigenvalue weighted by Gasteiger charge is 2.24. The smallest absolute Gasteiger partial charge is 0.234 e. The molecule has 2 N–H and O–H groups in total. The topological polar surface area (TPSA) is 41.1 Å². The van der Waals surface area contributed by atoms with Gasteiger partial charge in [-0.15, -0.1) is 0 Å². The second-order valence-electron chi connectivity index (χ2n) is 6.64. The minimum Gasteiger partial charge on any atom is -0.350 e. The first-order valence-corrected chi connectivity index (χ1v) is 6.82. The summed E-state index contributed by atoms with van der Waals surface area (Å²) >= 11 is 0. The van der Waals surface area contributed by atoms with E-state index in [4.69, 9.17) is 0 Å². The molecule has 1 amide bonds. The fourth-order valence-electron chi connectivity index (χ4n) is 2.43. The van der Waals surface area contributed by atoms with Gasteiger partial charge in [0.15, 0.2) is 0 Å². The van der Waals surface area contributed by atoms with E-state index in [-0.39, 0.29) is 11.4 Å². The molecule has 1 rings (SSSR count). The Hall–Kier alpha value is -0.570. The van der Waals surface area contributed by atoms with Crippen molar-refractivity contribution < 1.29 is 4.79 Å². The van der Waals surface area contributed by atoms with Crippen molar-refractivity contribution in [3.05, 3.63) is 0 Å².